The van der Waals surface area contributed by atoms with Crippen LogP contribution in [0, 0.1) is 5.92 Å². The second-order valence-corrected chi connectivity index (χ2v) is 4.27. The topological polar surface area (TPSA) is 71.5 Å². The quantitative estimate of drug-likeness (QED) is 0.750. The van der Waals surface area contributed by atoms with Gasteiger partial charge in [0.25, 0.3) is 0 Å². The first-order valence-electron chi connectivity index (χ1n) is 6.03. The Balaban J connectivity index is 2.61. The predicted molar refractivity (Wildman–Crippen MR) is 68.0 cm³/mol. The predicted octanol–water partition coefficient (Wildman–Crippen LogP) is 1.46. The van der Waals surface area contributed by atoms with Gasteiger partial charge in [0.15, 0.2) is 0 Å². The molecule has 0 fully saturated rings. The second kappa shape index (κ2) is 6.96. The number of ether oxygens (including phenoxy) is 1. The smallest absolute Gasteiger partial charge is 0.323 e. The van der Waals surface area contributed by atoms with E-state index in [2.05, 4.69) is 10.3 Å². The van der Waals surface area contributed by atoms with E-state index in [-0.39, 0.29) is 23.7 Å². The van der Waals surface area contributed by atoms with Crippen LogP contribution >= 0.6 is 0 Å². The van der Waals surface area contributed by atoms with E-state index in [9.17, 15) is 4.79 Å². The standard InChI is InChI=1S/C13H20N2O3/c1-4-9(2)12(13(17)18-3)15-7-10-5-6-11(16)8-14-10/h5-6,8-9,12,15-16H,4,7H2,1-3H3. The van der Waals surface area contributed by atoms with Crippen LogP contribution in [0.25, 0.3) is 0 Å². The second-order valence-electron chi connectivity index (χ2n) is 4.27. The average molecular weight is 252 g/mol. The highest BCUT2D eigenvalue weighted by molar-refractivity contribution is 5.75. The largest absolute Gasteiger partial charge is 0.506 e. The normalized spacial score (nSPS) is 13.9. The Morgan fingerprint density at radius 1 is 1.56 bits per heavy atom. The van der Waals surface area contributed by atoms with Crippen LogP contribution in [0.4, 0.5) is 0 Å². The van der Waals surface area contributed by atoms with Crippen LogP contribution in [0.2, 0.25) is 0 Å². The molecule has 0 amide bonds. The highest BCUT2D eigenvalue weighted by Crippen LogP contribution is 2.11. The van der Waals surface area contributed by atoms with Crippen molar-refractivity contribution in [3.63, 3.8) is 0 Å². The van der Waals surface area contributed by atoms with Crippen LogP contribution in [0.3, 0.4) is 0 Å². The molecule has 18 heavy (non-hydrogen) atoms. The van der Waals surface area contributed by atoms with E-state index in [1.807, 2.05) is 13.8 Å². The van der Waals surface area contributed by atoms with E-state index in [4.69, 9.17) is 9.84 Å². The number of hydrogen-bond donors (Lipinski definition) is 2. The van der Waals surface area contributed by atoms with E-state index >= 15 is 0 Å². The summed E-state index contributed by atoms with van der Waals surface area (Å²) >= 11 is 0. The number of rotatable bonds is 6. The van der Waals surface area contributed by atoms with Gasteiger partial charge in [0.1, 0.15) is 11.8 Å². The molecule has 0 aliphatic rings. The van der Waals surface area contributed by atoms with Crippen molar-refractivity contribution in [1.82, 2.24) is 10.3 Å². The summed E-state index contributed by atoms with van der Waals surface area (Å²) in [6.45, 7) is 4.49. The zero-order valence-electron chi connectivity index (χ0n) is 11.0. The molecule has 0 radical (unpaired) electrons. The summed E-state index contributed by atoms with van der Waals surface area (Å²) in [6, 6.07) is 2.95. The van der Waals surface area contributed by atoms with Gasteiger partial charge in [-0.3, -0.25) is 15.1 Å². The first-order chi connectivity index (χ1) is 8.58. The van der Waals surface area contributed by atoms with Crippen molar-refractivity contribution in [2.75, 3.05) is 7.11 Å². The molecule has 0 aromatic carbocycles. The minimum atomic E-state index is -0.337. The highest BCUT2D eigenvalue weighted by Gasteiger charge is 2.24. The fourth-order valence-corrected chi connectivity index (χ4v) is 1.62. The molecule has 0 spiro atoms. The fraction of sp³-hybridized carbons (Fsp3) is 0.538. The van der Waals surface area contributed by atoms with Gasteiger partial charge < -0.3 is 9.84 Å². The summed E-state index contributed by atoms with van der Waals surface area (Å²) in [7, 11) is 1.39. The first kappa shape index (κ1) is 14.4. The summed E-state index contributed by atoms with van der Waals surface area (Å²) in [5.41, 5.74) is 0.769. The Morgan fingerprint density at radius 2 is 2.28 bits per heavy atom. The van der Waals surface area contributed by atoms with Crippen LogP contribution in [0.15, 0.2) is 18.3 Å². The van der Waals surface area contributed by atoms with Gasteiger partial charge in [0.05, 0.1) is 19.0 Å². The zero-order chi connectivity index (χ0) is 13.5. The van der Waals surface area contributed by atoms with Crippen molar-refractivity contribution < 1.29 is 14.6 Å². The lowest BCUT2D eigenvalue weighted by molar-refractivity contribution is -0.144. The van der Waals surface area contributed by atoms with Crippen molar-refractivity contribution in [2.24, 2.45) is 5.92 Å². The summed E-state index contributed by atoms with van der Waals surface area (Å²) in [5, 5.41) is 12.3. The molecule has 5 heteroatoms. The highest BCUT2D eigenvalue weighted by atomic mass is 16.5. The number of aromatic nitrogens is 1. The molecule has 100 valence electrons. The fourth-order valence-electron chi connectivity index (χ4n) is 1.62. The monoisotopic (exact) mass is 252 g/mol. The molecule has 2 unspecified atom stereocenters. The Bertz CT molecular complexity index is 378. The SMILES string of the molecule is CCC(C)C(NCc1ccc(O)cn1)C(=O)OC. The zero-order valence-corrected chi connectivity index (χ0v) is 11.0. The minimum absolute atomic E-state index is 0.130. The molecule has 0 saturated heterocycles. The lowest BCUT2D eigenvalue weighted by Gasteiger charge is -2.21. The number of carbonyl (C=O) groups is 1. The Morgan fingerprint density at radius 3 is 2.78 bits per heavy atom. The molecule has 0 aliphatic carbocycles. The van der Waals surface area contributed by atoms with Gasteiger partial charge in [-0.2, -0.15) is 0 Å². The Hall–Kier alpha value is -1.62. The van der Waals surface area contributed by atoms with Crippen molar-refractivity contribution in [3.05, 3.63) is 24.0 Å². The molecule has 1 aromatic rings. The van der Waals surface area contributed by atoms with Crippen molar-refractivity contribution >= 4 is 5.97 Å². The molecule has 1 rings (SSSR count). The molecule has 1 aromatic heterocycles. The van der Waals surface area contributed by atoms with Crippen molar-refractivity contribution in [1.29, 1.82) is 0 Å². The molecule has 5 nitrogen and oxygen atoms in total. The molecule has 0 saturated carbocycles. The lowest BCUT2D eigenvalue weighted by atomic mass is 9.99. The number of pyridine rings is 1. The molecular weight excluding hydrogens is 232 g/mol. The van der Waals surface area contributed by atoms with Crippen LogP contribution in [0.5, 0.6) is 5.75 Å². The van der Waals surface area contributed by atoms with Gasteiger partial charge in [-0.25, -0.2) is 0 Å². The van der Waals surface area contributed by atoms with Crippen molar-refractivity contribution in [2.45, 2.75) is 32.9 Å². The molecule has 0 bridgehead atoms. The van der Waals surface area contributed by atoms with Crippen LogP contribution in [0.1, 0.15) is 26.0 Å². The minimum Gasteiger partial charge on any atom is -0.506 e. The van der Waals surface area contributed by atoms with Crippen LogP contribution < -0.4 is 5.32 Å². The maximum Gasteiger partial charge on any atom is 0.323 e. The summed E-state index contributed by atoms with van der Waals surface area (Å²) in [6.07, 6.45) is 2.27. The molecular formula is C13H20N2O3. The maximum absolute atomic E-state index is 11.6. The van der Waals surface area contributed by atoms with Crippen LogP contribution in [-0.4, -0.2) is 29.2 Å². The Labute approximate surface area is 107 Å². The van der Waals surface area contributed by atoms with E-state index in [0.29, 0.717) is 6.54 Å². The number of carbonyl (C=O) groups excluding carboxylic acids is 1. The number of methoxy groups -OCH3 is 1. The third-order valence-electron chi connectivity index (χ3n) is 2.98. The third-order valence-corrected chi connectivity index (χ3v) is 2.98. The van der Waals surface area contributed by atoms with Gasteiger partial charge in [-0.05, 0) is 18.1 Å². The summed E-state index contributed by atoms with van der Waals surface area (Å²) in [4.78, 5) is 15.7. The van der Waals surface area contributed by atoms with Gasteiger partial charge in [-0.15, -0.1) is 0 Å². The maximum atomic E-state index is 11.6. The average Bonchev–Trinajstić information content (AvgIpc) is 2.40. The van der Waals surface area contributed by atoms with Gasteiger partial charge in [0.2, 0.25) is 0 Å². The first-order valence-corrected chi connectivity index (χ1v) is 6.03. The number of nitrogens with one attached hydrogen (secondary N) is 1. The van der Waals surface area contributed by atoms with E-state index in [1.165, 1.54) is 13.3 Å². The number of hydrogen-bond acceptors (Lipinski definition) is 5. The third kappa shape index (κ3) is 4.00. The Kier molecular flexibility index (Phi) is 5.58. The number of aromatic hydroxyl groups is 1. The summed E-state index contributed by atoms with van der Waals surface area (Å²) < 4.78 is 4.78. The number of esters is 1. The van der Waals surface area contributed by atoms with E-state index in [1.54, 1.807) is 12.1 Å². The van der Waals surface area contributed by atoms with Gasteiger partial charge in [-0.1, -0.05) is 20.3 Å². The lowest BCUT2D eigenvalue weighted by Crippen LogP contribution is -2.42. The molecule has 2 atom stereocenters. The van der Waals surface area contributed by atoms with Gasteiger partial charge in [0, 0.05) is 6.54 Å². The van der Waals surface area contributed by atoms with E-state index < -0.39 is 0 Å². The summed E-state index contributed by atoms with van der Waals surface area (Å²) in [5.74, 6) is 0.0582. The van der Waals surface area contributed by atoms with Crippen LogP contribution in [-0.2, 0) is 16.1 Å². The molecule has 0 aliphatic heterocycles. The van der Waals surface area contributed by atoms with Gasteiger partial charge >= 0.3 is 5.97 Å². The molecule has 2 N–H and O–H groups in total. The van der Waals surface area contributed by atoms with Crippen molar-refractivity contribution in [3.8, 4) is 5.75 Å². The number of nitrogens with zero attached hydrogens (tertiary/aromatic N) is 1. The van der Waals surface area contributed by atoms with E-state index in [0.717, 1.165) is 12.1 Å². The molecule has 1 heterocycles.